The van der Waals surface area contributed by atoms with Gasteiger partial charge in [0.1, 0.15) is 0 Å². The van der Waals surface area contributed by atoms with Crippen LogP contribution < -0.4 is 5.32 Å². The third-order valence-electron chi connectivity index (χ3n) is 3.65. The summed E-state index contributed by atoms with van der Waals surface area (Å²) in [6.07, 6.45) is 0.413. The molecule has 1 aliphatic rings. The van der Waals surface area contributed by atoms with E-state index in [2.05, 4.69) is 5.32 Å². The molecule has 21 heavy (non-hydrogen) atoms. The lowest BCUT2D eigenvalue weighted by Crippen LogP contribution is -2.04. The highest BCUT2D eigenvalue weighted by molar-refractivity contribution is 6.00. The highest BCUT2D eigenvalue weighted by Crippen LogP contribution is 2.32. The Hall–Kier alpha value is -2.62. The normalized spacial score (nSPS) is 12.9. The summed E-state index contributed by atoms with van der Waals surface area (Å²) in [6, 6.07) is 11.5. The van der Waals surface area contributed by atoms with Crippen LogP contribution in [0.4, 0.5) is 5.69 Å². The Morgan fingerprint density at radius 1 is 1.24 bits per heavy atom. The first-order valence-electron chi connectivity index (χ1n) is 6.77. The predicted molar refractivity (Wildman–Crippen MR) is 80.3 cm³/mol. The molecule has 0 bridgehead atoms. The third-order valence-corrected chi connectivity index (χ3v) is 3.65. The number of amides is 1. The number of carbonyl (C=O) groups is 2. The maximum absolute atomic E-state index is 11.5. The summed E-state index contributed by atoms with van der Waals surface area (Å²) in [7, 11) is 0. The van der Waals surface area contributed by atoms with E-state index in [4.69, 9.17) is 5.11 Å². The summed E-state index contributed by atoms with van der Waals surface area (Å²) in [5.74, 6) is -0.822. The van der Waals surface area contributed by atoms with Crippen LogP contribution in [0.15, 0.2) is 36.4 Å². The van der Waals surface area contributed by atoms with Crippen molar-refractivity contribution in [3.8, 4) is 11.1 Å². The van der Waals surface area contributed by atoms with Gasteiger partial charge in [0, 0.05) is 5.69 Å². The standard InChI is InChI=1S/C17H15NO3/c1-10-5-13(8-14-9-15(19)18-17(10)14)12-4-2-3-11(6-12)7-16(20)21/h2-6,8H,7,9H2,1H3,(H,18,19)(H,20,21). The molecule has 2 aromatic carbocycles. The molecule has 1 heterocycles. The minimum Gasteiger partial charge on any atom is -0.481 e. The summed E-state index contributed by atoms with van der Waals surface area (Å²) >= 11 is 0. The van der Waals surface area contributed by atoms with Crippen LogP contribution in [0, 0.1) is 6.92 Å². The number of benzene rings is 2. The van der Waals surface area contributed by atoms with Crippen LogP contribution in [0.3, 0.4) is 0 Å². The lowest BCUT2D eigenvalue weighted by atomic mass is 9.97. The van der Waals surface area contributed by atoms with Crippen LogP contribution in [0.1, 0.15) is 16.7 Å². The number of rotatable bonds is 3. The lowest BCUT2D eigenvalue weighted by Gasteiger charge is -2.09. The molecule has 0 radical (unpaired) electrons. The molecule has 106 valence electrons. The number of aryl methyl sites for hydroxylation is 1. The maximum Gasteiger partial charge on any atom is 0.307 e. The molecule has 4 nitrogen and oxygen atoms in total. The van der Waals surface area contributed by atoms with E-state index in [1.165, 1.54) is 0 Å². The zero-order chi connectivity index (χ0) is 15.0. The van der Waals surface area contributed by atoms with E-state index >= 15 is 0 Å². The van der Waals surface area contributed by atoms with E-state index < -0.39 is 5.97 Å². The fourth-order valence-corrected chi connectivity index (χ4v) is 2.74. The Morgan fingerprint density at radius 3 is 2.81 bits per heavy atom. The molecule has 0 fully saturated rings. The number of hydrogen-bond donors (Lipinski definition) is 2. The van der Waals surface area contributed by atoms with E-state index in [1.807, 2.05) is 43.3 Å². The first kappa shape index (κ1) is 13.4. The Kier molecular flexibility index (Phi) is 3.22. The molecule has 2 aromatic rings. The van der Waals surface area contributed by atoms with Crippen LogP contribution in [-0.4, -0.2) is 17.0 Å². The number of carbonyl (C=O) groups excluding carboxylic acids is 1. The average Bonchev–Trinajstić information content (AvgIpc) is 2.79. The third kappa shape index (κ3) is 2.65. The molecule has 0 atom stereocenters. The van der Waals surface area contributed by atoms with Gasteiger partial charge < -0.3 is 10.4 Å². The molecule has 0 saturated heterocycles. The lowest BCUT2D eigenvalue weighted by molar-refractivity contribution is -0.136. The number of fused-ring (bicyclic) bond motifs is 1. The molecule has 0 aromatic heterocycles. The van der Waals surface area contributed by atoms with Gasteiger partial charge >= 0.3 is 5.97 Å². The van der Waals surface area contributed by atoms with E-state index in [-0.39, 0.29) is 12.3 Å². The van der Waals surface area contributed by atoms with E-state index in [0.717, 1.165) is 33.5 Å². The summed E-state index contributed by atoms with van der Waals surface area (Å²) < 4.78 is 0. The second kappa shape index (κ2) is 5.05. The Morgan fingerprint density at radius 2 is 2.05 bits per heavy atom. The Labute approximate surface area is 122 Å². The number of nitrogens with one attached hydrogen (secondary N) is 1. The van der Waals surface area contributed by atoms with Gasteiger partial charge in [-0.1, -0.05) is 24.3 Å². The molecule has 0 aliphatic carbocycles. The van der Waals surface area contributed by atoms with Crippen molar-refractivity contribution in [2.45, 2.75) is 19.8 Å². The van der Waals surface area contributed by atoms with Gasteiger partial charge in [0.05, 0.1) is 12.8 Å². The predicted octanol–water partition coefficient (Wildman–Crippen LogP) is 2.78. The van der Waals surface area contributed by atoms with Crippen LogP contribution in [-0.2, 0) is 22.4 Å². The monoisotopic (exact) mass is 281 g/mol. The van der Waals surface area contributed by atoms with E-state index in [0.29, 0.717) is 6.42 Å². The number of carboxylic acids is 1. The van der Waals surface area contributed by atoms with Crippen molar-refractivity contribution in [2.24, 2.45) is 0 Å². The van der Waals surface area contributed by atoms with Gasteiger partial charge in [-0.25, -0.2) is 0 Å². The number of anilines is 1. The molecule has 2 N–H and O–H groups in total. The number of hydrogen-bond acceptors (Lipinski definition) is 2. The van der Waals surface area contributed by atoms with Gasteiger partial charge in [-0.15, -0.1) is 0 Å². The number of aliphatic carboxylic acids is 1. The van der Waals surface area contributed by atoms with Gasteiger partial charge in [0.25, 0.3) is 0 Å². The summed E-state index contributed by atoms with van der Waals surface area (Å²) in [4.78, 5) is 22.3. The first-order valence-corrected chi connectivity index (χ1v) is 6.77. The average molecular weight is 281 g/mol. The van der Waals surface area contributed by atoms with Crippen LogP contribution in [0.2, 0.25) is 0 Å². The molecule has 0 saturated carbocycles. The van der Waals surface area contributed by atoms with Crippen molar-refractivity contribution < 1.29 is 14.7 Å². The van der Waals surface area contributed by atoms with Crippen LogP contribution in [0.5, 0.6) is 0 Å². The van der Waals surface area contributed by atoms with Gasteiger partial charge in [-0.3, -0.25) is 9.59 Å². The van der Waals surface area contributed by atoms with Crippen molar-refractivity contribution in [1.29, 1.82) is 0 Å². The molecule has 4 heteroatoms. The molecule has 0 unspecified atom stereocenters. The second-order valence-corrected chi connectivity index (χ2v) is 5.32. The fraction of sp³-hybridized carbons (Fsp3) is 0.176. The van der Waals surface area contributed by atoms with Crippen molar-refractivity contribution in [3.05, 3.63) is 53.1 Å². The van der Waals surface area contributed by atoms with Gasteiger partial charge in [-0.05, 0) is 46.9 Å². The summed E-state index contributed by atoms with van der Waals surface area (Å²) in [5, 5.41) is 11.7. The summed E-state index contributed by atoms with van der Waals surface area (Å²) in [6.45, 7) is 1.97. The van der Waals surface area contributed by atoms with Gasteiger partial charge in [-0.2, -0.15) is 0 Å². The molecular weight excluding hydrogens is 266 g/mol. The Balaban J connectivity index is 2.02. The van der Waals surface area contributed by atoms with E-state index in [9.17, 15) is 9.59 Å². The van der Waals surface area contributed by atoms with E-state index in [1.54, 1.807) is 0 Å². The van der Waals surface area contributed by atoms with Crippen molar-refractivity contribution in [1.82, 2.24) is 0 Å². The minimum absolute atomic E-state index is 0.0117. The minimum atomic E-state index is -0.841. The largest absolute Gasteiger partial charge is 0.481 e. The van der Waals surface area contributed by atoms with Crippen molar-refractivity contribution in [3.63, 3.8) is 0 Å². The second-order valence-electron chi connectivity index (χ2n) is 5.32. The smallest absolute Gasteiger partial charge is 0.307 e. The maximum atomic E-state index is 11.5. The van der Waals surface area contributed by atoms with Gasteiger partial charge in [0.2, 0.25) is 5.91 Å². The first-order chi connectivity index (χ1) is 10.0. The topological polar surface area (TPSA) is 66.4 Å². The SMILES string of the molecule is Cc1cc(-c2cccc(CC(=O)O)c2)cc2c1NC(=O)C2. The molecule has 1 amide bonds. The zero-order valence-corrected chi connectivity index (χ0v) is 11.6. The Bertz CT molecular complexity index is 750. The zero-order valence-electron chi connectivity index (χ0n) is 11.6. The van der Waals surface area contributed by atoms with Crippen LogP contribution in [0.25, 0.3) is 11.1 Å². The number of carboxylic acid groups (broad SMARTS) is 1. The summed E-state index contributed by atoms with van der Waals surface area (Å²) in [5.41, 5.74) is 5.68. The van der Waals surface area contributed by atoms with Crippen molar-refractivity contribution in [2.75, 3.05) is 5.32 Å². The van der Waals surface area contributed by atoms with Crippen LogP contribution >= 0.6 is 0 Å². The fourth-order valence-electron chi connectivity index (χ4n) is 2.74. The molecule has 1 aliphatic heterocycles. The highest BCUT2D eigenvalue weighted by Gasteiger charge is 2.20. The molecule has 3 rings (SSSR count). The van der Waals surface area contributed by atoms with Gasteiger partial charge in [0.15, 0.2) is 0 Å². The molecule has 0 spiro atoms. The highest BCUT2D eigenvalue weighted by atomic mass is 16.4. The molecular formula is C17H15NO3. The quantitative estimate of drug-likeness (QED) is 0.909. The van der Waals surface area contributed by atoms with Crippen molar-refractivity contribution >= 4 is 17.6 Å².